The summed E-state index contributed by atoms with van der Waals surface area (Å²) < 4.78 is 0. The first kappa shape index (κ1) is 9.47. The van der Waals surface area contributed by atoms with Gasteiger partial charge in [0.1, 0.15) is 0 Å². The van der Waals surface area contributed by atoms with Crippen LogP contribution >= 0.6 is 12.2 Å². The van der Waals surface area contributed by atoms with Crippen LogP contribution in [0.4, 0.5) is 5.69 Å². The lowest BCUT2D eigenvalue weighted by molar-refractivity contribution is 0.0698. The number of hydrogen-bond acceptors (Lipinski definition) is 2. The third-order valence-electron chi connectivity index (χ3n) is 1.42. The maximum Gasteiger partial charge on any atom is 0.337 e. The molecular formula is C8H8N2O2S. The van der Waals surface area contributed by atoms with Crippen molar-refractivity contribution in [3.63, 3.8) is 0 Å². The van der Waals surface area contributed by atoms with Crippen molar-refractivity contribution in [2.75, 3.05) is 5.32 Å². The lowest BCUT2D eigenvalue weighted by atomic mass is 10.2. The van der Waals surface area contributed by atoms with Crippen LogP contribution in [0.15, 0.2) is 24.3 Å². The summed E-state index contributed by atoms with van der Waals surface area (Å²) >= 11 is 4.60. The number of aromatic carboxylic acids is 1. The third-order valence-corrected chi connectivity index (χ3v) is 1.52. The molecule has 0 amide bonds. The fourth-order valence-electron chi connectivity index (χ4n) is 0.911. The number of carboxylic acids is 1. The topological polar surface area (TPSA) is 75.3 Å². The molecule has 0 aliphatic carbocycles. The second kappa shape index (κ2) is 3.86. The van der Waals surface area contributed by atoms with Crippen LogP contribution in [0, 0.1) is 0 Å². The van der Waals surface area contributed by atoms with Crippen LogP contribution in [0.5, 0.6) is 0 Å². The summed E-state index contributed by atoms with van der Waals surface area (Å²) in [4.78, 5) is 10.7. The number of thiocarbonyl (C=S) groups is 1. The molecule has 0 atom stereocenters. The molecule has 4 nitrogen and oxygen atoms in total. The number of para-hydroxylation sites is 1. The maximum absolute atomic E-state index is 10.7. The number of hydrogen-bond donors (Lipinski definition) is 3. The first-order valence-electron chi connectivity index (χ1n) is 3.50. The standard InChI is InChI=1S/C8H8N2O2S/c9-8(13)10-6-4-2-1-3-5(6)7(11)12/h1-4H,(H,11,12)(H3,9,10,13). The summed E-state index contributed by atoms with van der Waals surface area (Å²) in [6, 6.07) is 6.41. The molecule has 0 heterocycles. The van der Waals surface area contributed by atoms with Crippen LogP contribution in [0.2, 0.25) is 0 Å². The van der Waals surface area contributed by atoms with Gasteiger partial charge in [-0.1, -0.05) is 12.1 Å². The third kappa shape index (κ3) is 2.41. The average molecular weight is 196 g/mol. The molecule has 1 aromatic rings. The SMILES string of the molecule is NC(=S)Nc1ccccc1C(=O)O. The fraction of sp³-hybridized carbons (Fsp3) is 0. The highest BCUT2D eigenvalue weighted by Gasteiger charge is 2.08. The Morgan fingerprint density at radius 3 is 2.62 bits per heavy atom. The zero-order valence-electron chi connectivity index (χ0n) is 6.65. The van der Waals surface area contributed by atoms with Gasteiger partial charge in [0.05, 0.1) is 11.3 Å². The Kier molecular flexibility index (Phi) is 2.81. The zero-order chi connectivity index (χ0) is 9.84. The van der Waals surface area contributed by atoms with E-state index in [1.54, 1.807) is 18.2 Å². The molecule has 0 bridgehead atoms. The number of carboxylic acid groups (broad SMARTS) is 1. The van der Waals surface area contributed by atoms with Gasteiger partial charge in [-0.15, -0.1) is 0 Å². The molecule has 1 aromatic carbocycles. The van der Waals surface area contributed by atoms with Crippen LogP contribution in [0.1, 0.15) is 10.4 Å². The van der Waals surface area contributed by atoms with Crippen molar-refractivity contribution in [3.8, 4) is 0 Å². The predicted molar refractivity (Wildman–Crippen MR) is 53.8 cm³/mol. The molecule has 0 unspecified atom stereocenters. The van der Waals surface area contributed by atoms with Gasteiger partial charge < -0.3 is 16.2 Å². The van der Waals surface area contributed by atoms with E-state index in [2.05, 4.69) is 17.5 Å². The number of anilines is 1. The van der Waals surface area contributed by atoms with Gasteiger partial charge in [-0.3, -0.25) is 0 Å². The molecule has 0 aromatic heterocycles. The molecule has 68 valence electrons. The Morgan fingerprint density at radius 2 is 2.08 bits per heavy atom. The minimum Gasteiger partial charge on any atom is -0.478 e. The number of carbonyl (C=O) groups is 1. The van der Waals surface area contributed by atoms with Crippen molar-refractivity contribution in [2.24, 2.45) is 5.73 Å². The van der Waals surface area contributed by atoms with E-state index in [1.807, 2.05) is 0 Å². The summed E-state index contributed by atoms with van der Waals surface area (Å²) in [5, 5.41) is 11.4. The van der Waals surface area contributed by atoms with E-state index in [9.17, 15) is 4.79 Å². The summed E-state index contributed by atoms with van der Waals surface area (Å²) in [5.41, 5.74) is 5.77. The van der Waals surface area contributed by atoms with Crippen molar-refractivity contribution in [1.29, 1.82) is 0 Å². The molecule has 1 rings (SSSR count). The molecule has 5 heteroatoms. The molecule has 0 saturated heterocycles. The van der Waals surface area contributed by atoms with Gasteiger partial charge in [0.2, 0.25) is 0 Å². The van der Waals surface area contributed by atoms with E-state index in [0.29, 0.717) is 5.69 Å². The minimum atomic E-state index is -1.01. The Hall–Kier alpha value is -1.62. The Morgan fingerprint density at radius 1 is 1.46 bits per heavy atom. The molecule has 4 N–H and O–H groups in total. The van der Waals surface area contributed by atoms with Crippen LogP contribution < -0.4 is 11.1 Å². The normalized spacial score (nSPS) is 9.23. The number of benzene rings is 1. The highest BCUT2D eigenvalue weighted by molar-refractivity contribution is 7.80. The van der Waals surface area contributed by atoms with Crippen LogP contribution in [0.25, 0.3) is 0 Å². The zero-order valence-corrected chi connectivity index (χ0v) is 7.47. The Bertz CT molecular complexity index is 352. The predicted octanol–water partition coefficient (Wildman–Crippen LogP) is 1.04. The highest BCUT2D eigenvalue weighted by Crippen LogP contribution is 2.14. The number of rotatable bonds is 2. The van der Waals surface area contributed by atoms with Crippen LogP contribution in [-0.2, 0) is 0 Å². The molecule has 0 saturated carbocycles. The largest absolute Gasteiger partial charge is 0.478 e. The van der Waals surface area contributed by atoms with Crippen molar-refractivity contribution < 1.29 is 9.90 Å². The lowest BCUT2D eigenvalue weighted by Crippen LogP contribution is -2.20. The molecule has 0 aliphatic heterocycles. The first-order valence-corrected chi connectivity index (χ1v) is 3.91. The summed E-state index contributed by atoms with van der Waals surface area (Å²) in [6.45, 7) is 0. The molecule has 0 radical (unpaired) electrons. The molecule has 0 aliphatic rings. The molecule has 0 spiro atoms. The number of nitrogens with one attached hydrogen (secondary N) is 1. The van der Waals surface area contributed by atoms with Gasteiger partial charge in [0.15, 0.2) is 5.11 Å². The van der Waals surface area contributed by atoms with Crippen molar-refractivity contribution in [1.82, 2.24) is 0 Å². The van der Waals surface area contributed by atoms with Gasteiger partial charge in [-0.25, -0.2) is 4.79 Å². The van der Waals surface area contributed by atoms with Gasteiger partial charge in [-0.05, 0) is 24.4 Å². The first-order chi connectivity index (χ1) is 6.11. The van der Waals surface area contributed by atoms with E-state index in [0.717, 1.165) is 0 Å². The maximum atomic E-state index is 10.7. The van der Waals surface area contributed by atoms with Crippen LogP contribution in [0.3, 0.4) is 0 Å². The Balaban J connectivity index is 3.04. The smallest absolute Gasteiger partial charge is 0.337 e. The summed E-state index contributed by atoms with van der Waals surface area (Å²) in [6.07, 6.45) is 0. The molecule has 0 fully saturated rings. The lowest BCUT2D eigenvalue weighted by Gasteiger charge is -2.06. The van der Waals surface area contributed by atoms with Crippen molar-refractivity contribution in [3.05, 3.63) is 29.8 Å². The average Bonchev–Trinajstić information content (AvgIpc) is 2.03. The quantitative estimate of drug-likeness (QED) is 0.616. The van der Waals surface area contributed by atoms with Gasteiger partial charge in [0, 0.05) is 0 Å². The van der Waals surface area contributed by atoms with Crippen LogP contribution in [-0.4, -0.2) is 16.2 Å². The molecule has 13 heavy (non-hydrogen) atoms. The summed E-state index contributed by atoms with van der Waals surface area (Å²) in [7, 11) is 0. The summed E-state index contributed by atoms with van der Waals surface area (Å²) in [5.74, 6) is -1.01. The second-order valence-electron chi connectivity index (χ2n) is 2.34. The van der Waals surface area contributed by atoms with E-state index in [4.69, 9.17) is 10.8 Å². The fourth-order valence-corrected chi connectivity index (χ4v) is 1.02. The van der Waals surface area contributed by atoms with Crippen molar-refractivity contribution in [2.45, 2.75) is 0 Å². The van der Waals surface area contributed by atoms with E-state index in [1.165, 1.54) is 6.07 Å². The Labute approximate surface area is 80.4 Å². The molecular weight excluding hydrogens is 188 g/mol. The van der Waals surface area contributed by atoms with Gasteiger partial charge >= 0.3 is 5.97 Å². The number of nitrogens with two attached hydrogens (primary N) is 1. The van der Waals surface area contributed by atoms with Gasteiger partial charge in [-0.2, -0.15) is 0 Å². The highest BCUT2D eigenvalue weighted by atomic mass is 32.1. The van der Waals surface area contributed by atoms with Gasteiger partial charge in [0.25, 0.3) is 0 Å². The minimum absolute atomic E-state index is 0.0497. The van der Waals surface area contributed by atoms with E-state index < -0.39 is 5.97 Å². The monoisotopic (exact) mass is 196 g/mol. The second-order valence-corrected chi connectivity index (χ2v) is 2.78. The van der Waals surface area contributed by atoms with E-state index in [-0.39, 0.29) is 10.7 Å². The van der Waals surface area contributed by atoms with Crippen molar-refractivity contribution >= 4 is 29.0 Å². The van der Waals surface area contributed by atoms with E-state index >= 15 is 0 Å².